The topological polar surface area (TPSA) is 75.1 Å². The molecule has 3 rings (SSSR count). The van der Waals surface area contributed by atoms with Crippen LogP contribution in [0.5, 0.6) is 0 Å². The SMILES string of the molecule is Cc1sc2ncnc(NC(CC(=O)O)C3CC3)c2c1C. The Morgan fingerprint density at radius 3 is 2.90 bits per heavy atom. The summed E-state index contributed by atoms with van der Waals surface area (Å²) >= 11 is 1.65. The average molecular weight is 291 g/mol. The molecule has 106 valence electrons. The van der Waals surface area contributed by atoms with Crippen LogP contribution in [-0.2, 0) is 4.79 Å². The number of aromatic nitrogens is 2. The highest BCUT2D eigenvalue weighted by Gasteiger charge is 2.33. The number of carboxylic acids is 1. The van der Waals surface area contributed by atoms with Crippen molar-refractivity contribution < 1.29 is 9.90 Å². The van der Waals surface area contributed by atoms with Crippen LogP contribution in [0.3, 0.4) is 0 Å². The number of aliphatic carboxylic acids is 1. The molecule has 1 aliphatic carbocycles. The van der Waals surface area contributed by atoms with Gasteiger partial charge in [-0.2, -0.15) is 0 Å². The zero-order valence-electron chi connectivity index (χ0n) is 11.5. The number of hydrogen-bond acceptors (Lipinski definition) is 5. The van der Waals surface area contributed by atoms with E-state index in [9.17, 15) is 4.79 Å². The Labute approximate surface area is 121 Å². The van der Waals surface area contributed by atoms with E-state index >= 15 is 0 Å². The molecular formula is C14H17N3O2S. The van der Waals surface area contributed by atoms with Gasteiger partial charge in [-0.05, 0) is 38.2 Å². The molecule has 2 heterocycles. The number of carboxylic acid groups (broad SMARTS) is 1. The number of fused-ring (bicyclic) bond motifs is 1. The molecule has 6 heteroatoms. The van der Waals surface area contributed by atoms with Crippen LogP contribution in [0.1, 0.15) is 29.7 Å². The van der Waals surface area contributed by atoms with Crippen molar-refractivity contribution in [3.8, 4) is 0 Å². The fourth-order valence-electron chi connectivity index (χ4n) is 2.49. The second-order valence-corrected chi connectivity index (χ2v) is 6.57. The van der Waals surface area contributed by atoms with Crippen molar-refractivity contribution in [3.05, 3.63) is 16.8 Å². The summed E-state index contributed by atoms with van der Waals surface area (Å²) in [6, 6.07) is -0.0368. The van der Waals surface area contributed by atoms with Crippen LogP contribution in [0.4, 0.5) is 5.82 Å². The standard InChI is InChI=1S/C14H17N3O2S/c1-7-8(2)20-14-12(7)13(15-6-16-14)17-10(5-11(18)19)9-3-4-9/h6,9-10H,3-5H2,1-2H3,(H,18,19)(H,15,16,17). The van der Waals surface area contributed by atoms with E-state index in [1.54, 1.807) is 17.7 Å². The molecule has 2 aromatic heterocycles. The van der Waals surface area contributed by atoms with Crippen molar-refractivity contribution in [2.45, 2.75) is 39.2 Å². The number of hydrogen-bond donors (Lipinski definition) is 2. The highest BCUT2D eigenvalue weighted by molar-refractivity contribution is 7.18. The number of anilines is 1. The van der Waals surface area contributed by atoms with Gasteiger partial charge in [-0.25, -0.2) is 9.97 Å². The summed E-state index contributed by atoms with van der Waals surface area (Å²) in [7, 11) is 0. The van der Waals surface area contributed by atoms with Crippen LogP contribution < -0.4 is 5.32 Å². The van der Waals surface area contributed by atoms with E-state index in [1.807, 2.05) is 0 Å². The molecule has 0 radical (unpaired) electrons. The Balaban J connectivity index is 1.94. The van der Waals surface area contributed by atoms with E-state index < -0.39 is 5.97 Å². The lowest BCUT2D eigenvalue weighted by Gasteiger charge is -2.17. The van der Waals surface area contributed by atoms with Gasteiger partial charge in [-0.1, -0.05) is 0 Å². The van der Waals surface area contributed by atoms with Crippen molar-refractivity contribution in [3.63, 3.8) is 0 Å². The van der Waals surface area contributed by atoms with Gasteiger partial charge >= 0.3 is 5.97 Å². The summed E-state index contributed by atoms with van der Waals surface area (Å²) in [5, 5.41) is 13.4. The molecular weight excluding hydrogens is 274 g/mol. The number of thiophene rings is 1. The zero-order chi connectivity index (χ0) is 14.3. The van der Waals surface area contributed by atoms with Gasteiger partial charge in [0.1, 0.15) is 17.0 Å². The fourth-order valence-corrected chi connectivity index (χ4v) is 3.49. The van der Waals surface area contributed by atoms with Gasteiger partial charge in [0.05, 0.1) is 11.8 Å². The summed E-state index contributed by atoms with van der Waals surface area (Å²) in [6.07, 6.45) is 3.88. The molecule has 5 nitrogen and oxygen atoms in total. The second kappa shape index (κ2) is 5.01. The molecule has 0 aromatic carbocycles. The molecule has 0 amide bonds. The summed E-state index contributed by atoms with van der Waals surface area (Å²) < 4.78 is 0. The first-order valence-corrected chi connectivity index (χ1v) is 7.57. The van der Waals surface area contributed by atoms with Gasteiger partial charge in [0.2, 0.25) is 0 Å². The Hall–Kier alpha value is -1.69. The number of aryl methyl sites for hydroxylation is 2. The number of rotatable bonds is 5. The maximum absolute atomic E-state index is 11.0. The largest absolute Gasteiger partial charge is 0.481 e. The molecule has 1 saturated carbocycles. The fraction of sp³-hybridized carbons (Fsp3) is 0.500. The van der Waals surface area contributed by atoms with Gasteiger partial charge in [0, 0.05) is 10.9 Å². The maximum atomic E-state index is 11.0. The lowest BCUT2D eigenvalue weighted by Crippen LogP contribution is -2.26. The normalized spacial score (nSPS) is 16.3. The van der Waals surface area contributed by atoms with E-state index in [0.717, 1.165) is 28.9 Å². The lowest BCUT2D eigenvalue weighted by molar-refractivity contribution is -0.137. The van der Waals surface area contributed by atoms with E-state index in [-0.39, 0.29) is 12.5 Å². The predicted molar refractivity (Wildman–Crippen MR) is 79.3 cm³/mol. The number of nitrogens with one attached hydrogen (secondary N) is 1. The van der Waals surface area contributed by atoms with E-state index in [2.05, 4.69) is 29.1 Å². The minimum absolute atomic E-state index is 0.0368. The minimum Gasteiger partial charge on any atom is -0.481 e. The molecule has 0 spiro atoms. The van der Waals surface area contributed by atoms with Gasteiger partial charge in [-0.3, -0.25) is 4.79 Å². The minimum atomic E-state index is -0.766. The highest BCUT2D eigenvalue weighted by atomic mass is 32.1. The average Bonchev–Trinajstić information content (AvgIpc) is 3.17. The predicted octanol–water partition coefficient (Wildman–Crippen LogP) is 2.97. The molecule has 1 unspecified atom stereocenters. The first-order chi connectivity index (χ1) is 9.56. The van der Waals surface area contributed by atoms with Crippen molar-refractivity contribution in [2.75, 3.05) is 5.32 Å². The summed E-state index contributed by atoms with van der Waals surface area (Å²) in [5.74, 6) is 0.462. The highest BCUT2D eigenvalue weighted by Crippen LogP contribution is 2.38. The molecule has 1 aliphatic rings. The van der Waals surface area contributed by atoms with Gasteiger partial charge < -0.3 is 10.4 Å². The molecule has 0 saturated heterocycles. The van der Waals surface area contributed by atoms with Crippen molar-refractivity contribution in [1.29, 1.82) is 0 Å². The second-order valence-electron chi connectivity index (χ2n) is 5.37. The van der Waals surface area contributed by atoms with Crippen molar-refractivity contribution in [1.82, 2.24) is 9.97 Å². The van der Waals surface area contributed by atoms with Crippen LogP contribution in [0, 0.1) is 19.8 Å². The Morgan fingerprint density at radius 2 is 2.25 bits per heavy atom. The van der Waals surface area contributed by atoms with Crippen LogP contribution in [0.25, 0.3) is 10.2 Å². The van der Waals surface area contributed by atoms with Gasteiger partial charge in [0.25, 0.3) is 0 Å². The first kappa shape index (κ1) is 13.3. The third kappa shape index (κ3) is 2.47. The van der Waals surface area contributed by atoms with Crippen LogP contribution in [0.15, 0.2) is 6.33 Å². The van der Waals surface area contributed by atoms with Crippen LogP contribution >= 0.6 is 11.3 Å². The van der Waals surface area contributed by atoms with Crippen molar-refractivity contribution in [2.24, 2.45) is 5.92 Å². The third-order valence-electron chi connectivity index (χ3n) is 3.87. The van der Waals surface area contributed by atoms with Crippen molar-refractivity contribution >= 4 is 33.3 Å². The molecule has 0 bridgehead atoms. The number of carbonyl (C=O) groups is 1. The number of nitrogens with zero attached hydrogens (tertiary/aromatic N) is 2. The molecule has 2 N–H and O–H groups in total. The first-order valence-electron chi connectivity index (χ1n) is 6.75. The van der Waals surface area contributed by atoms with Crippen LogP contribution in [-0.4, -0.2) is 27.1 Å². The summed E-state index contributed by atoms with van der Waals surface area (Å²) in [5.41, 5.74) is 1.18. The van der Waals surface area contributed by atoms with E-state index in [1.165, 1.54) is 10.4 Å². The molecule has 20 heavy (non-hydrogen) atoms. The molecule has 1 atom stereocenters. The Morgan fingerprint density at radius 1 is 1.50 bits per heavy atom. The summed E-state index contributed by atoms with van der Waals surface area (Å²) in [6.45, 7) is 4.13. The molecule has 1 fully saturated rings. The Kier molecular flexibility index (Phi) is 3.33. The summed E-state index contributed by atoms with van der Waals surface area (Å²) in [4.78, 5) is 21.8. The zero-order valence-corrected chi connectivity index (χ0v) is 12.3. The van der Waals surface area contributed by atoms with Gasteiger partial charge in [-0.15, -0.1) is 11.3 Å². The maximum Gasteiger partial charge on any atom is 0.305 e. The third-order valence-corrected chi connectivity index (χ3v) is 4.99. The molecule has 0 aliphatic heterocycles. The molecule has 2 aromatic rings. The van der Waals surface area contributed by atoms with E-state index in [0.29, 0.717) is 5.92 Å². The monoisotopic (exact) mass is 291 g/mol. The van der Waals surface area contributed by atoms with Crippen LogP contribution in [0.2, 0.25) is 0 Å². The lowest BCUT2D eigenvalue weighted by atomic mass is 10.1. The quantitative estimate of drug-likeness (QED) is 0.885. The smallest absolute Gasteiger partial charge is 0.305 e. The van der Waals surface area contributed by atoms with E-state index in [4.69, 9.17) is 5.11 Å². The Bertz CT molecular complexity index is 664. The van der Waals surface area contributed by atoms with Gasteiger partial charge in [0.15, 0.2) is 0 Å².